The van der Waals surface area contributed by atoms with Crippen molar-refractivity contribution >= 4 is 28.5 Å². The highest BCUT2D eigenvalue weighted by Crippen LogP contribution is 2.36. The van der Waals surface area contributed by atoms with Crippen LogP contribution in [0.15, 0.2) is 73.2 Å². The van der Waals surface area contributed by atoms with Crippen molar-refractivity contribution in [2.75, 3.05) is 13.2 Å². The highest BCUT2D eigenvalue weighted by Gasteiger charge is 2.41. The monoisotopic (exact) mass is 446 g/mol. The molecule has 0 aliphatic carbocycles. The van der Waals surface area contributed by atoms with Crippen LogP contribution in [0.2, 0.25) is 5.02 Å². The Balaban J connectivity index is 1.33. The number of carbonyl (C=O) groups excluding carboxylic acids is 1. The topological polar surface area (TPSA) is 69.0 Å². The first-order chi connectivity index (χ1) is 15.7. The zero-order chi connectivity index (χ0) is 22.0. The largest absolute Gasteiger partial charge is 0.381 e. The number of ether oxygens (including phenoxy) is 1. The first-order valence-electron chi connectivity index (χ1n) is 10.7. The molecule has 2 aromatic heterocycles. The number of halogens is 1. The maximum Gasteiger partial charge on any atom is 0.231 e. The number of imidazole rings is 1. The average molecular weight is 447 g/mol. The van der Waals surface area contributed by atoms with E-state index >= 15 is 0 Å². The van der Waals surface area contributed by atoms with E-state index in [4.69, 9.17) is 16.3 Å². The van der Waals surface area contributed by atoms with Gasteiger partial charge in [-0.1, -0.05) is 41.9 Å². The summed E-state index contributed by atoms with van der Waals surface area (Å²) in [5.41, 5.74) is 3.16. The Morgan fingerprint density at radius 3 is 2.69 bits per heavy atom. The van der Waals surface area contributed by atoms with E-state index in [0.717, 1.165) is 28.0 Å². The molecule has 0 saturated carbocycles. The minimum Gasteiger partial charge on any atom is -0.381 e. The van der Waals surface area contributed by atoms with E-state index < -0.39 is 5.41 Å². The van der Waals surface area contributed by atoms with E-state index in [9.17, 15) is 4.79 Å². The fraction of sp³-hybridized carbons (Fsp3) is 0.240. The molecule has 1 aliphatic rings. The number of amides is 1. The molecule has 0 bridgehead atoms. The number of carbonyl (C=O) groups is 1. The number of hydrogen-bond donors (Lipinski definition) is 1. The molecule has 0 spiro atoms. The highest BCUT2D eigenvalue weighted by atomic mass is 35.5. The van der Waals surface area contributed by atoms with Gasteiger partial charge in [-0.25, -0.2) is 9.97 Å². The van der Waals surface area contributed by atoms with E-state index in [1.54, 1.807) is 12.5 Å². The summed E-state index contributed by atoms with van der Waals surface area (Å²) in [5, 5.41) is 3.75. The van der Waals surface area contributed by atoms with E-state index in [1.807, 2.05) is 65.2 Å². The van der Waals surface area contributed by atoms with Crippen molar-refractivity contribution in [3.63, 3.8) is 0 Å². The Hall–Kier alpha value is -3.22. The first kappa shape index (κ1) is 20.7. The van der Waals surface area contributed by atoms with E-state index in [1.165, 1.54) is 0 Å². The number of para-hydroxylation sites is 2. The van der Waals surface area contributed by atoms with Crippen LogP contribution in [0.3, 0.4) is 0 Å². The van der Waals surface area contributed by atoms with Crippen LogP contribution in [0.4, 0.5) is 0 Å². The molecule has 1 N–H and O–H groups in total. The van der Waals surface area contributed by atoms with Crippen LogP contribution in [0.25, 0.3) is 16.9 Å². The van der Waals surface area contributed by atoms with Crippen LogP contribution in [-0.4, -0.2) is 33.7 Å². The fourth-order valence-electron chi connectivity index (χ4n) is 4.31. The van der Waals surface area contributed by atoms with Gasteiger partial charge in [-0.2, -0.15) is 0 Å². The first-order valence-corrected chi connectivity index (χ1v) is 11.0. The molecule has 32 heavy (non-hydrogen) atoms. The molecule has 0 atom stereocenters. The molecule has 0 radical (unpaired) electrons. The predicted octanol–water partition coefficient (Wildman–Crippen LogP) is 4.44. The Morgan fingerprint density at radius 1 is 1.06 bits per heavy atom. The van der Waals surface area contributed by atoms with Crippen molar-refractivity contribution in [1.29, 1.82) is 0 Å². The average Bonchev–Trinajstić information content (AvgIpc) is 3.27. The van der Waals surface area contributed by atoms with Crippen LogP contribution in [0, 0.1) is 0 Å². The van der Waals surface area contributed by atoms with E-state index in [0.29, 0.717) is 37.6 Å². The molecule has 1 fully saturated rings. The van der Waals surface area contributed by atoms with Gasteiger partial charge >= 0.3 is 0 Å². The van der Waals surface area contributed by atoms with Gasteiger partial charge in [0.25, 0.3) is 0 Å². The minimum absolute atomic E-state index is 0.00672. The van der Waals surface area contributed by atoms with Gasteiger partial charge < -0.3 is 10.1 Å². The van der Waals surface area contributed by atoms with Crippen LogP contribution in [0.5, 0.6) is 0 Å². The maximum absolute atomic E-state index is 13.4. The summed E-state index contributed by atoms with van der Waals surface area (Å²) in [5.74, 6) is 0.779. The third-order valence-electron chi connectivity index (χ3n) is 6.12. The molecule has 162 valence electrons. The summed E-state index contributed by atoms with van der Waals surface area (Å²) < 4.78 is 7.49. The van der Waals surface area contributed by atoms with E-state index in [-0.39, 0.29) is 5.91 Å². The van der Waals surface area contributed by atoms with Gasteiger partial charge in [-0.3, -0.25) is 9.36 Å². The van der Waals surface area contributed by atoms with Crippen molar-refractivity contribution in [2.24, 2.45) is 0 Å². The molecule has 4 aromatic rings. The van der Waals surface area contributed by atoms with Gasteiger partial charge in [0.1, 0.15) is 12.1 Å². The maximum atomic E-state index is 13.4. The number of hydrogen-bond acceptors (Lipinski definition) is 4. The molecular formula is C25H23ClN4O2. The number of fused-ring (bicyclic) bond motifs is 1. The van der Waals surface area contributed by atoms with Gasteiger partial charge in [-0.15, -0.1) is 0 Å². The number of nitrogens with zero attached hydrogens (tertiary/aromatic N) is 3. The normalized spacial score (nSPS) is 15.5. The van der Waals surface area contributed by atoms with Gasteiger partial charge in [0, 0.05) is 31.0 Å². The Kier molecular flexibility index (Phi) is 5.64. The van der Waals surface area contributed by atoms with Gasteiger partial charge in [0.15, 0.2) is 0 Å². The third-order valence-corrected chi connectivity index (χ3v) is 6.36. The smallest absolute Gasteiger partial charge is 0.231 e. The number of aromatic nitrogens is 3. The number of nitrogens with one attached hydrogen (secondary N) is 1. The molecule has 1 aliphatic heterocycles. The predicted molar refractivity (Wildman–Crippen MR) is 124 cm³/mol. The Labute approximate surface area is 191 Å². The quantitative estimate of drug-likeness (QED) is 0.492. The lowest BCUT2D eigenvalue weighted by atomic mass is 9.73. The molecule has 7 heteroatoms. The summed E-state index contributed by atoms with van der Waals surface area (Å²) in [6, 6.07) is 19.4. The van der Waals surface area contributed by atoms with Crippen LogP contribution < -0.4 is 5.32 Å². The van der Waals surface area contributed by atoms with E-state index in [2.05, 4.69) is 15.3 Å². The number of rotatable bonds is 5. The molecule has 6 nitrogen and oxygen atoms in total. The third kappa shape index (κ3) is 3.87. The lowest BCUT2D eigenvalue weighted by Gasteiger charge is -2.36. The van der Waals surface area contributed by atoms with Gasteiger partial charge in [0.2, 0.25) is 5.91 Å². The van der Waals surface area contributed by atoms with Crippen LogP contribution in [0.1, 0.15) is 24.0 Å². The van der Waals surface area contributed by atoms with Gasteiger partial charge in [0.05, 0.1) is 16.4 Å². The minimum atomic E-state index is -0.633. The van der Waals surface area contributed by atoms with Crippen molar-refractivity contribution in [2.45, 2.75) is 24.8 Å². The zero-order valence-corrected chi connectivity index (χ0v) is 18.3. The van der Waals surface area contributed by atoms with Crippen molar-refractivity contribution in [3.8, 4) is 5.82 Å². The second kappa shape index (κ2) is 8.73. The van der Waals surface area contributed by atoms with Crippen molar-refractivity contribution in [1.82, 2.24) is 19.9 Å². The number of pyridine rings is 1. The van der Waals surface area contributed by atoms with Crippen molar-refractivity contribution < 1.29 is 9.53 Å². The Morgan fingerprint density at radius 2 is 1.91 bits per heavy atom. The summed E-state index contributed by atoms with van der Waals surface area (Å²) in [4.78, 5) is 22.4. The summed E-state index contributed by atoms with van der Waals surface area (Å²) in [6.45, 7) is 1.50. The highest BCUT2D eigenvalue weighted by molar-refractivity contribution is 6.30. The van der Waals surface area contributed by atoms with Crippen molar-refractivity contribution in [3.05, 3.63) is 89.3 Å². The molecule has 1 saturated heterocycles. The fourth-order valence-corrected chi connectivity index (χ4v) is 4.50. The van der Waals surface area contributed by atoms with Gasteiger partial charge in [-0.05, 0) is 54.3 Å². The second-order valence-electron chi connectivity index (χ2n) is 8.02. The Bertz CT molecular complexity index is 1250. The zero-order valence-electron chi connectivity index (χ0n) is 17.5. The summed E-state index contributed by atoms with van der Waals surface area (Å²) in [7, 11) is 0. The van der Waals surface area contributed by atoms with Crippen LogP contribution in [-0.2, 0) is 21.5 Å². The summed E-state index contributed by atoms with van der Waals surface area (Å²) >= 11 is 6.22. The second-order valence-corrected chi connectivity index (χ2v) is 8.45. The number of benzene rings is 2. The molecular weight excluding hydrogens is 424 g/mol. The standard InChI is InChI=1S/C25H23ClN4O2/c26-20-5-3-4-19(14-20)25(10-12-32-13-11-25)24(31)28-16-18-8-9-23(27-15-18)30-17-29-21-6-1-2-7-22(21)30/h1-9,14-15,17H,10-13,16H2,(H,28,31). The van der Waals surface area contributed by atoms with Crippen LogP contribution >= 0.6 is 11.6 Å². The SMILES string of the molecule is O=C(NCc1ccc(-n2cnc3ccccc32)nc1)C1(c2cccc(Cl)c2)CCOCC1. The lowest BCUT2D eigenvalue weighted by molar-refractivity contribution is -0.130. The molecule has 1 amide bonds. The molecule has 2 aromatic carbocycles. The molecule has 5 rings (SSSR count). The molecule has 0 unspecified atom stereocenters. The lowest BCUT2D eigenvalue weighted by Crippen LogP contribution is -2.47. The summed E-state index contributed by atoms with van der Waals surface area (Å²) in [6.07, 6.45) is 4.82. The molecule has 3 heterocycles.